The molecular weight excluding hydrogens is 212 g/mol. The van der Waals surface area contributed by atoms with Crippen LogP contribution in [-0.4, -0.2) is 20.3 Å². The molecule has 1 rings (SSSR count). The van der Waals surface area contributed by atoms with Crippen LogP contribution in [0, 0.1) is 0 Å². The van der Waals surface area contributed by atoms with Crippen LogP contribution in [0.5, 0.6) is 5.75 Å². The van der Waals surface area contributed by atoms with Gasteiger partial charge in [0, 0.05) is 13.7 Å². The largest absolute Gasteiger partial charge is 0.494 e. The van der Waals surface area contributed by atoms with Crippen molar-refractivity contribution in [2.75, 3.05) is 20.3 Å². The Morgan fingerprint density at radius 3 is 2.00 bits per heavy atom. The van der Waals surface area contributed by atoms with Gasteiger partial charge in [-0.15, -0.1) is 0 Å². The first-order valence-corrected chi connectivity index (χ1v) is 6.60. The second-order valence-electron chi connectivity index (χ2n) is 3.57. The van der Waals surface area contributed by atoms with Crippen LogP contribution in [0.15, 0.2) is 30.3 Å². The van der Waals surface area contributed by atoms with Crippen LogP contribution < -0.4 is 4.74 Å². The van der Waals surface area contributed by atoms with Gasteiger partial charge in [-0.2, -0.15) is 0 Å². The summed E-state index contributed by atoms with van der Waals surface area (Å²) in [4.78, 5) is 0. The molecule has 0 N–H and O–H groups in total. The number of rotatable bonds is 8. The standard InChI is InChI=1S/C13H20O2.C2H6/c1-14-11-7-2-3-8-12-15-13-9-5-4-6-10-13;1-2/h4-6,9-10H,2-3,7-8,11-12H2,1H3;1-2H3. The van der Waals surface area contributed by atoms with E-state index in [1.54, 1.807) is 7.11 Å². The zero-order valence-electron chi connectivity index (χ0n) is 11.4. The molecule has 1 aromatic rings. The van der Waals surface area contributed by atoms with Gasteiger partial charge < -0.3 is 9.47 Å². The van der Waals surface area contributed by atoms with Crippen molar-refractivity contribution in [3.63, 3.8) is 0 Å². The summed E-state index contributed by atoms with van der Waals surface area (Å²) < 4.78 is 10.6. The maximum Gasteiger partial charge on any atom is 0.119 e. The molecular formula is C15H26O2. The van der Waals surface area contributed by atoms with Crippen molar-refractivity contribution in [2.24, 2.45) is 0 Å². The Morgan fingerprint density at radius 1 is 0.824 bits per heavy atom. The van der Waals surface area contributed by atoms with Crippen molar-refractivity contribution >= 4 is 0 Å². The fraction of sp³-hybridized carbons (Fsp3) is 0.600. The monoisotopic (exact) mass is 238 g/mol. The summed E-state index contributed by atoms with van der Waals surface area (Å²) in [6, 6.07) is 9.97. The molecule has 0 aliphatic rings. The van der Waals surface area contributed by atoms with Gasteiger partial charge in [0.05, 0.1) is 6.61 Å². The number of ether oxygens (including phenoxy) is 2. The van der Waals surface area contributed by atoms with Crippen molar-refractivity contribution in [1.82, 2.24) is 0 Å². The summed E-state index contributed by atoms with van der Waals surface area (Å²) in [7, 11) is 1.75. The average molecular weight is 238 g/mol. The van der Waals surface area contributed by atoms with Crippen LogP contribution in [0.25, 0.3) is 0 Å². The first kappa shape index (κ1) is 16.0. The average Bonchev–Trinajstić information content (AvgIpc) is 2.41. The smallest absolute Gasteiger partial charge is 0.119 e. The van der Waals surface area contributed by atoms with Crippen molar-refractivity contribution in [3.8, 4) is 5.75 Å². The van der Waals surface area contributed by atoms with Crippen LogP contribution >= 0.6 is 0 Å². The van der Waals surface area contributed by atoms with Gasteiger partial charge >= 0.3 is 0 Å². The molecule has 0 heterocycles. The van der Waals surface area contributed by atoms with E-state index in [0.29, 0.717) is 0 Å². The van der Waals surface area contributed by atoms with Crippen LogP contribution in [-0.2, 0) is 4.74 Å². The third kappa shape index (κ3) is 9.88. The predicted molar refractivity (Wildman–Crippen MR) is 73.6 cm³/mol. The van der Waals surface area contributed by atoms with Gasteiger partial charge in [-0.25, -0.2) is 0 Å². The van der Waals surface area contributed by atoms with Crippen molar-refractivity contribution < 1.29 is 9.47 Å². The Labute approximate surface area is 106 Å². The lowest BCUT2D eigenvalue weighted by Gasteiger charge is -2.05. The highest BCUT2D eigenvalue weighted by Crippen LogP contribution is 2.09. The van der Waals surface area contributed by atoms with Crippen LogP contribution in [0.3, 0.4) is 0 Å². The Morgan fingerprint density at radius 2 is 1.41 bits per heavy atom. The predicted octanol–water partition coefficient (Wildman–Crippen LogP) is 4.30. The fourth-order valence-corrected chi connectivity index (χ4v) is 1.41. The molecule has 0 amide bonds. The molecule has 0 saturated heterocycles. The van der Waals surface area contributed by atoms with E-state index in [9.17, 15) is 0 Å². The lowest BCUT2D eigenvalue weighted by Crippen LogP contribution is -1.97. The SMILES string of the molecule is CC.COCCCCCCOc1ccccc1. The van der Waals surface area contributed by atoms with E-state index in [-0.39, 0.29) is 0 Å². The summed E-state index contributed by atoms with van der Waals surface area (Å²) in [5.41, 5.74) is 0. The van der Waals surface area contributed by atoms with Crippen molar-refractivity contribution in [3.05, 3.63) is 30.3 Å². The second-order valence-corrected chi connectivity index (χ2v) is 3.57. The van der Waals surface area contributed by atoms with E-state index < -0.39 is 0 Å². The zero-order chi connectivity index (χ0) is 12.8. The van der Waals surface area contributed by atoms with Crippen LogP contribution in [0.4, 0.5) is 0 Å². The van der Waals surface area contributed by atoms with Gasteiger partial charge in [0.1, 0.15) is 5.75 Å². The molecule has 2 heteroatoms. The van der Waals surface area contributed by atoms with E-state index in [4.69, 9.17) is 9.47 Å². The van der Waals surface area contributed by atoms with Gasteiger partial charge in [0.25, 0.3) is 0 Å². The maximum absolute atomic E-state index is 5.58. The number of hydrogen-bond acceptors (Lipinski definition) is 2. The van der Waals surface area contributed by atoms with E-state index in [0.717, 1.165) is 31.8 Å². The Kier molecular flexibility index (Phi) is 12.3. The molecule has 0 unspecified atom stereocenters. The molecule has 0 bridgehead atoms. The van der Waals surface area contributed by atoms with E-state index in [1.165, 1.54) is 12.8 Å². The first-order valence-electron chi connectivity index (χ1n) is 6.60. The molecule has 0 saturated carbocycles. The summed E-state index contributed by atoms with van der Waals surface area (Å²) in [6.07, 6.45) is 4.72. The number of benzene rings is 1. The molecule has 17 heavy (non-hydrogen) atoms. The third-order valence-electron chi connectivity index (χ3n) is 2.25. The highest BCUT2D eigenvalue weighted by atomic mass is 16.5. The Hall–Kier alpha value is -1.02. The van der Waals surface area contributed by atoms with Gasteiger partial charge in [0.15, 0.2) is 0 Å². The number of methoxy groups -OCH3 is 1. The van der Waals surface area contributed by atoms with Gasteiger partial charge in [-0.05, 0) is 31.4 Å². The number of para-hydroxylation sites is 1. The van der Waals surface area contributed by atoms with Gasteiger partial charge in [-0.3, -0.25) is 0 Å². The zero-order valence-corrected chi connectivity index (χ0v) is 11.4. The van der Waals surface area contributed by atoms with Crippen molar-refractivity contribution in [2.45, 2.75) is 39.5 Å². The van der Waals surface area contributed by atoms with E-state index in [1.807, 2.05) is 44.2 Å². The molecule has 0 aliphatic carbocycles. The maximum atomic E-state index is 5.58. The molecule has 1 aromatic carbocycles. The lowest BCUT2D eigenvalue weighted by molar-refractivity contribution is 0.191. The van der Waals surface area contributed by atoms with Gasteiger partial charge in [0.2, 0.25) is 0 Å². The first-order chi connectivity index (χ1) is 8.43. The normalized spacial score (nSPS) is 9.35. The molecule has 0 aliphatic heterocycles. The summed E-state index contributed by atoms with van der Waals surface area (Å²) in [6.45, 7) is 5.69. The summed E-state index contributed by atoms with van der Waals surface area (Å²) in [5.74, 6) is 0.967. The minimum atomic E-state index is 0.816. The minimum absolute atomic E-state index is 0.816. The van der Waals surface area contributed by atoms with Crippen molar-refractivity contribution in [1.29, 1.82) is 0 Å². The second kappa shape index (κ2) is 13.0. The van der Waals surface area contributed by atoms with Gasteiger partial charge in [-0.1, -0.05) is 38.5 Å². The molecule has 0 radical (unpaired) electrons. The number of unbranched alkanes of at least 4 members (excludes halogenated alkanes) is 3. The molecule has 0 aromatic heterocycles. The van der Waals surface area contributed by atoms with E-state index >= 15 is 0 Å². The highest BCUT2D eigenvalue weighted by Gasteiger charge is 1.92. The van der Waals surface area contributed by atoms with E-state index in [2.05, 4.69) is 0 Å². The highest BCUT2D eigenvalue weighted by molar-refractivity contribution is 5.20. The fourth-order valence-electron chi connectivity index (χ4n) is 1.41. The van der Waals surface area contributed by atoms with Crippen LogP contribution in [0.2, 0.25) is 0 Å². The molecule has 2 nitrogen and oxygen atoms in total. The lowest BCUT2D eigenvalue weighted by atomic mass is 10.2. The summed E-state index contributed by atoms with van der Waals surface area (Å²) in [5, 5.41) is 0. The quantitative estimate of drug-likeness (QED) is 0.629. The third-order valence-corrected chi connectivity index (χ3v) is 2.25. The molecule has 0 atom stereocenters. The minimum Gasteiger partial charge on any atom is -0.494 e. The summed E-state index contributed by atoms with van der Waals surface area (Å²) >= 11 is 0. The number of hydrogen-bond donors (Lipinski definition) is 0. The topological polar surface area (TPSA) is 18.5 Å². The Balaban J connectivity index is 0.00000121. The molecule has 98 valence electrons. The Bertz CT molecular complexity index is 234. The molecule has 0 spiro atoms. The molecule has 0 fully saturated rings. The van der Waals surface area contributed by atoms with Crippen LogP contribution in [0.1, 0.15) is 39.5 Å².